The standard InChI is InChI=1S/C19H21ClFN3O/c20-16-2-1-3-18(12-16)24-10-8-23(9-11-24)14-19(25)22-13-15-4-6-17(21)7-5-15/h1-7,12H,8-11,13-14H2,(H,22,25)/p+1. The number of piperazine rings is 1. The highest BCUT2D eigenvalue weighted by Gasteiger charge is 2.22. The first-order valence-electron chi connectivity index (χ1n) is 8.45. The smallest absolute Gasteiger partial charge is 0.275 e. The molecule has 4 nitrogen and oxygen atoms in total. The van der Waals surface area contributed by atoms with Crippen molar-refractivity contribution in [1.29, 1.82) is 0 Å². The minimum atomic E-state index is -0.267. The zero-order valence-corrected chi connectivity index (χ0v) is 14.7. The van der Waals surface area contributed by atoms with Gasteiger partial charge in [0, 0.05) is 17.3 Å². The van der Waals surface area contributed by atoms with Crippen molar-refractivity contribution < 1.29 is 14.1 Å². The van der Waals surface area contributed by atoms with Gasteiger partial charge in [0.1, 0.15) is 5.82 Å². The highest BCUT2D eigenvalue weighted by atomic mass is 35.5. The van der Waals surface area contributed by atoms with Crippen LogP contribution in [-0.2, 0) is 11.3 Å². The van der Waals surface area contributed by atoms with Gasteiger partial charge in [-0.25, -0.2) is 4.39 Å². The van der Waals surface area contributed by atoms with Gasteiger partial charge in [0.15, 0.2) is 6.54 Å². The lowest BCUT2D eigenvalue weighted by atomic mass is 10.2. The molecule has 1 aliphatic rings. The van der Waals surface area contributed by atoms with Gasteiger partial charge in [0.25, 0.3) is 5.91 Å². The number of nitrogens with zero attached hydrogens (tertiary/aromatic N) is 1. The molecule has 2 N–H and O–H groups in total. The van der Waals surface area contributed by atoms with E-state index < -0.39 is 0 Å². The van der Waals surface area contributed by atoms with Crippen molar-refractivity contribution in [1.82, 2.24) is 5.32 Å². The van der Waals surface area contributed by atoms with E-state index >= 15 is 0 Å². The predicted octanol–water partition coefficient (Wildman–Crippen LogP) is 1.50. The minimum absolute atomic E-state index is 0.0236. The number of halogens is 2. The lowest BCUT2D eigenvalue weighted by molar-refractivity contribution is -0.892. The second-order valence-corrected chi connectivity index (χ2v) is 6.73. The Kier molecular flexibility index (Phi) is 5.89. The van der Waals surface area contributed by atoms with Crippen LogP contribution in [0.2, 0.25) is 5.02 Å². The summed E-state index contributed by atoms with van der Waals surface area (Å²) in [7, 11) is 0. The van der Waals surface area contributed by atoms with E-state index in [0.29, 0.717) is 13.1 Å². The SMILES string of the molecule is O=C(C[NH+]1CCN(c2cccc(Cl)c2)CC1)NCc1ccc(F)cc1. The molecular formula is C19H22ClFN3O+. The molecule has 0 aliphatic carbocycles. The number of carbonyl (C=O) groups excluding carboxylic acids is 1. The van der Waals surface area contributed by atoms with Crippen molar-refractivity contribution in [3.63, 3.8) is 0 Å². The van der Waals surface area contributed by atoms with Gasteiger partial charge in [0.2, 0.25) is 0 Å². The largest absolute Gasteiger partial charge is 0.360 e. The lowest BCUT2D eigenvalue weighted by Crippen LogP contribution is -3.15. The molecule has 0 saturated carbocycles. The quantitative estimate of drug-likeness (QED) is 0.845. The summed E-state index contributed by atoms with van der Waals surface area (Å²) in [6, 6.07) is 14.0. The second kappa shape index (κ2) is 8.32. The second-order valence-electron chi connectivity index (χ2n) is 6.30. The third-order valence-electron chi connectivity index (χ3n) is 4.46. The highest BCUT2D eigenvalue weighted by Crippen LogP contribution is 2.19. The molecular weight excluding hydrogens is 341 g/mol. The number of rotatable bonds is 5. The van der Waals surface area contributed by atoms with Crippen molar-refractivity contribution in [2.75, 3.05) is 37.6 Å². The van der Waals surface area contributed by atoms with E-state index in [4.69, 9.17) is 11.6 Å². The molecule has 1 heterocycles. The van der Waals surface area contributed by atoms with Crippen molar-refractivity contribution >= 4 is 23.2 Å². The average Bonchev–Trinajstić information content (AvgIpc) is 2.62. The summed E-state index contributed by atoms with van der Waals surface area (Å²) < 4.78 is 12.9. The van der Waals surface area contributed by atoms with Crippen LogP contribution in [0, 0.1) is 5.82 Å². The maximum absolute atomic E-state index is 12.9. The number of nitrogens with one attached hydrogen (secondary N) is 2. The lowest BCUT2D eigenvalue weighted by Gasteiger charge is -2.33. The fourth-order valence-corrected chi connectivity index (χ4v) is 3.21. The van der Waals surface area contributed by atoms with Crippen LogP contribution in [0.1, 0.15) is 5.56 Å². The summed E-state index contributed by atoms with van der Waals surface area (Å²) in [6.07, 6.45) is 0. The minimum Gasteiger partial charge on any atom is -0.360 e. The van der Waals surface area contributed by atoms with E-state index in [-0.39, 0.29) is 11.7 Å². The van der Waals surface area contributed by atoms with E-state index in [1.807, 2.05) is 18.2 Å². The van der Waals surface area contributed by atoms with Crippen molar-refractivity contribution in [2.45, 2.75) is 6.54 Å². The van der Waals surface area contributed by atoms with Gasteiger partial charge in [-0.3, -0.25) is 4.79 Å². The number of amides is 1. The molecule has 0 radical (unpaired) electrons. The molecule has 0 unspecified atom stereocenters. The fraction of sp³-hybridized carbons (Fsp3) is 0.316. The van der Waals surface area contributed by atoms with Crippen LogP contribution in [0.3, 0.4) is 0 Å². The first-order valence-corrected chi connectivity index (χ1v) is 8.83. The number of quaternary nitrogens is 1. The Morgan fingerprint density at radius 1 is 1.16 bits per heavy atom. The Morgan fingerprint density at radius 3 is 2.56 bits per heavy atom. The number of hydrogen-bond acceptors (Lipinski definition) is 2. The molecule has 2 aromatic carbocycles. The van der Waals surface area contributed by atoms with Gasteiger partial charge >= 0.3 is 0 Å². The number of carbonyl (C=O) groups is 1. The molecule has 1 saturated heterocycles. The van der Waals surface area contributed by atoms with Gasteiger partial charge < -0.3 is 15.1 Å². The van der Waals surface area contributed by atoms with E-state index in [1.54, 1.807) is 12.1 Å². The van der Waals surface area contributed by atoms with Crippen LogP contribution in [0.25, 0.3) is 0 Å². The third-order valence-corrected chi connectivity index (χ3v) is 4.69. The highest BCUT2D eigenvalue weighted by molar-refractivity contribution is 6.30. The Labute approximate surface area is 152 Å². The number of anilines is 1. The van der Waals surface area contributed by atoms with Gasteiger partial charge in [0.05, 0.1) is 26.2 Å². The van der Waals surface area contributed by atoms with E-state index in [9.17, 15) is 9.18 Å². The molecule has 1 aliphatic heterocycles. The van der Waals surface area contributed by atoms with Gasteiger partial charge in [-0.05, 0) is 35.9 Å². The van der Waals surface area contributed by atoms with Gasteiger partial charge in [-0.15, -0.1) is 0 Å². The number of hydrogen-bond donors (Lipinski definition) is 2. The zero-order valence-electron chi connectivity index (χ0n) is 14.0. The molecule has 0 atom stereocenters. The maximum atomic E-state index is 12.9. The summed E-state index contributed by atoms with van der Waals surface area (Å²) in [5, 5.41) is 3.65. The Morgan fingerprint density at radius 2 is 1.88 bits per heavy atom. The van der Waals surface area contributed by atoms with Gasteiger partial charge in [-0.2, -0.15) is 0 Å². The normalized spacial score (nSPS) is 15.2. The van der Waals surface area contributed by atoms with Crippen LogP contribution in [0.5, 0.6) is 0 Å². The van der Waals surface area contributed by atoms with Crippen molar-refractivity contribution in [3.8, 4) is 0 Å². The molecule has 132 valence electrons. The topological polar surface area (TPSA) is 36.8 Å². The summed E-state index contributed by atoms with van der Waals surface area (Å²) in [4.78, 5) is 15.7. The summed E-state index contributed by atoms with van der Waals surface area (Å²) in [5.41, 5.74) is 2.03. The zero-order chi connectivity index (χ0) is 17.6. The van der Waals surface area contributed by atoms with Crippen LogP contribution < -0.4 is 15.1 Å². The maximum Gasteiger partial charge on any atom is 0.275 e. The van der Waals surface area contributed by atoms with E-state index in [0.717, 1.165) is 42.5 Å². The molecule has 0 bridgehead atoms. The van der Waals surface area contributed by atoms with E-state index in [1.165, 1.54) is 17.0 Å². The summed E-state index contributed by atoms with van der Waals surface area (Å²) >= 11 is 6.05. The van der Waals surface area contributed by atoms with E-state index in [2.05, 4.69) is 16.3 Å². The molecule has 1 amide bonds. The van der Waals surface area contributed by atoms with Crippen molar-refractivity contribution in [2.24, 2.45) is 0 Å². The average molecular weight is 363 g/mol. The third kappa shape index (κ3) is 5.18. The summed E-state index contributed by atoms with van der Waals surface area (Å²) in [5.74, 6) is -0.243. The molecule has 2 aromatic rings. The molecule has 1 fully saturated rings. The first kappa shape index (κ1) is 17.7. The Balaban J connectivity index is 1.42. The fourth-order valence-electron chi connectivity index (χ4n) is 3.02. The number of benzene rings is 2. The molecule has 3 rings (SSSR count). The van der Waals surface area contributed by atoms with Crippen LogP contribution in [0.4, 0.5) is 10.1 Å². The summed E-state index contributed by atoms with van der Waals surface area (Å²) in [6.45, 7) is 4.53. The van der Waals surface area contributed by atoms with Crippen molar-refractivity contribution in [3.05, 3.63) is 64.9 Å². The van der Waals surface area contributed by atoms with Gasteiger partial charge in [-0.1, -0.05) is 29.8 Å². The Hall–Kier alpha value is -2.11. The molecule has 0 aromatic heterocycles. The van der Waals surface area contributed by atoms with Crippen LogP contribution in [-0.4, -0.2) is 38.6 Å². The first-order chi connectivity index (χ1) is 12.1. The Bertz CT molecular complexity index is 715. The van der Waals surface area contributed by atoms with Crippen LogP contribution in [0.15, 0.2) is 48.5 Å². The monoisotopic (exact) mass is 362 g/mol. The molecule has 0 spiro atoms. The molecule has 25 heavy (non-hydrogen) atoms. The molecule has 6 heteroatoms. The predicted molar refractivity (Wildman–Crippen MR) is 97.5 cm³/mol. The van der Waals surface area contributed by atoms with Crippen LogP contribution >= 0.6 is 11.6 Å².